The van der Waals surface area contributed by atoms with Gasteiger partial charge in [0.25, 0.3) is 5.91 Å². The molecule has 0 fully saturated rings. The Labute approximate surface area is 118 Å². The van der Waals surface area contributed by atoms with Gasteiger partial charge in [-0.15, -0.1) is 0 Å². The number of carbonyl (C=O) groups excluding carboxylic acids is 1. The van der Waals surface area contributed by atoms with Crippen LogP contribution in [0.15, 0.2) is 42.7 Å². The molecule has 0 radical (unpaired) electrons. The highest BCUT2D eigenvalue weighted by Crippen LogP contribution is 2.20. The average Bonchev–Trinajstić information content (AvgIpc) is 2.47. The molecule has 1 amide bonds. The largest absolute Gasteiger partial charge is 0.395 e. The Hall–Kier alpha value is -2.20. The van der Waals surface area contributed by atoms with Crippen LogP contribution >= 0.6 is 0 Å². The van der Waals surface area contributed by atoms with Gasteiger partial charge in [0.15, 0.2) is 0 Å². The minimum Gasteiger partial charge on any atom is -0.395 e. The van der Waals surface area contributed by atoms with Crippen molar-refractivity contribution < 1.29 is 9.90 Å². The third-order valence-corrected chi connectivity index (χ3v) is 3.12. The minimum absolute atomic E-state index is 0.0484. The Morgan fingerprint density at radius 2 is 2.05 bits per heavy atom. The molecule has 0 saturated heterocycles. The first-order valence-corrected chi connectivity index (χ1v) is 6.50. The molecule has 104 valence electrons. The zero-order valence-electron chi connectivity index (χ0n) is 11.7. The highest BCUT2D eigenvalue weighted by molar-refractivity contribution is 5.94. The van der Waals surface area contributed by atoms with Crippen LogP contribution in [0.25, 0.3) is 11.1 Å². The smallest absolute Gasteiger partial charge is 0.255 e. The van der Waals surface area contributed by atoms with E-state index in [4.69, 9.17) is 5.11 Å². The molecule has 1 aromatic carbocycles. The van der Waals surface area contributed by atoms with Crippen molar-refractivity contribution in [2.24, 2.45) is 0 Å². The molecular formula is C16H18N2O2. The van der Waals surface area contributed by atoms with Crippen LogP contribution in [0.5, 0.6) is 0 Å². The SMILES string of the molecule is Cc1cccc(-c2cncc(C(=O)N(C)CCO)c2)c1. The van der Waals surface area contributed by atoms with Crippen molar-refractivity contribution in [2.75, 3.05) is 20.2 Å². The number of rotatable bonds is 4. The molecule has 4 nitrogen and oxygen atoms in total. The van der Waals surface area contributed by atoms with Crippen molar-refractivity contribution in [2.45, 2.75) is 6.92 Å². The Kier molecular flexibility index (Phi) is 4.48. The summed E-state index contributed by atoms with van der Waals surface area (Å²) >= 11 is 0. The van der Waals surface area contributed by atoms with Gasteiger partial charge in [0.1, 0.15) is 0 Å². The van der Waals surface area contributed by atoms with E-state index in [-0.39, 0.29) is 12.5 Å². The van der Waals surface area contributed by atoms with E-state index in [0.717, 1.165) is 16.7 Å². The molecule has 20 heavy (non-hydrogen) atoms. The van der Waals surface area contributed by atoms with Crippen molar-refractivity contribution >= 4 is 5.91 Å². The molecule has 0 unspecified atom stereocenters. The van der Waals surface area contributed by atoms with Gasteiger partial charge in [0.2, 0.25) is 0 Å². The number of aliphatic hydroxyl groups excluding tert-OH is 1. The summed E-state index contributed by atoms with van der Waals surface area (Å²) in [6.07, 6.45) is 3.30. The molecule has 2 rings (SSSR count). The van der Waals surface area contributed by atoms with Crippen LogP contribution in [0.2, 0.25) is 0 Å². The van der Waals surface area contributed by atoms with E-state index in [2.05, 4.69) is 11.1 Å². The van der Waals surface area contributed by atoms with E-state index in [1.54, 1.807) is 19.4 Å². The summed E-state index contributed by atoms with van der Waals surface area (Å²) in [5.41, 5.74) is 3.64. The molecular weight excluding hydrogens is 252 g/mol. The third kappa shape index (κ3) is 3.22. The number of amides is 1. The molecule has 2 aromatic rings. The van der Waals surface area contributed by atoms with Gasteiger partial charge >= 0.3 is 0 Å². The topological polar surface area (TPSA) is 53.4 Å². The van der Waals surface area contributed by atoms with E-state index < -0.39 is 0 Å². The van der Waals surface area contributed by atoms with Gasteiger partial charge in [-0.3, -0.25) is 9.78 Å². The quantitative estimate of drug-likeness (QED) is 0.926. The Morgan fingerprint density at radius 3 is 2.75 bits per heavy atom. The molecule has 1 N–H and O–H groups in total. The van der Waals surface area contributed by atoms with Crippen LogP contribution in [0.4, 0.5) is 0 Å². The van der Waals surface area contributed by atoms with E-state index in [1.165, 1.54) is 4.90 Å². The highest BCUT2D eigenvalue weighted by atomic mass is 16.3. The predicted octanol–water partition coefficient (Wildman–Crippen LogP) is 2.12. The number of aromatic nitrogens is 1. The number of hydrogen-bond donors (Lipinski definition) is 1. The van der Waals surface area contributed by atoms with Crippen molar-refractivity contribution in [3.63, 3.8) is 0 Å². The van der Waals surface area contributed by atoms with Gasteiger partial charge in [0, 0.05) is 31.5 Å². The standard InChI is InChI=1S/C16H18N2O2/c1-12-4-3-5-13(8-12)14-9-15(11-17-10-14)16(20)18(2)6-7-19/h3-5,8-11,19H,6-7H2,1-2H3. The third-order valence-electron chi connectivity index (χ3n) is 3.12. The van der Waals surface area contributed by atoms with Crippen LogP contribution in [-0.4, -0.2) is 41.1 Å². The molecule has 1 heterocycles. The second-order valence-corrected chi connectivity index (χ2v) is 4.78. The molecule has 0 aliphatic heterocycles. The second-order valence-electron chi connectivity index (χ2n) is 4.78. The summed E-state index contributed by atoms with van der Waals surface area (Å²) in [6, 6.07) is 9.90. The Morgan fingerprint density at radius 1 is 1.25 bits per heavy atom. The maximum Gasteiger partial charge on any atom is 0.255 e. The van der Waals surface area contributed by atoms with E-state index >= 15 is 0 Å². The van der Waals surface area contributed by atoms with E-state index in [0.29, 0.717) is 12.1 Å². The summed E-state index contributed by atoms with van der Waals surface area (Å²) in [5, 5.41) is 8.89. The minimum atomic E-state index is -0.138. The first-order valence-electron chi connectivity index (χ1n) is 6.50. The van der Waals surface area contributed by atoms with Crippen molar-refractivity contribution in [3.8, 4) is 11.1 Å². The molecule has 0 aliphatic carbocycles. The fourth-order valence-corrected chi connectivity index (χ4v) is 2.01. The highest BCUT2D eigenvalue weighted by Gasteiger charge is 2.12. The summed E-state index contributed by atoms with van der Waals surface area (Å²) < 4.78 is 0. The lowest BCUT2D eigenvalue weighted by molar-refractivity contribution is 0.0766. The molecule has 0 aliphatic rings. The van der Waals surface area contributed by atoms with Gasteiger partial charge in [-0.2, -0.15) is 0 Å². The monoisotopic (exact) mass is 270 g/mol. The normalized spacial score (nSPS) is 10.3. The number of carbonyl (C=O) groups is 1. The maximum absolute atomic E-state index is 12.2. The predicted molar refractivity (Wildman–Crippen MR) is 78.5 cm³/mol. The van der Waals surface area contributed by atoms with E-state index in [9.17, 15) is 4.79 Å². The van der Waals surface area contributed by atoms with Crippen molar-refractivity contribution in [1.29, 1.82) is 0 Å². The zero-order valence-corrected chi connectivity index (χ0v) is 11.7. The lowest BCUT2D eigenvalue weighted by Crippen LogP contribution is -2.29. The molecule has 4 heteroatoms. The number of aliphatic hydroxyl groups is 1. The maximum atomic E-state index is 12.2. The number of benzene rings is 1. The number of likely N-dealkylation sites (N-methyl/N-ethyl adjacent to an activating group) is 1. The number of aryl methyl sites for hydroxylation is 1. The van der Waals surface area contributed by atoms with Gasteiger partial charge in [0.05, 0.1) is 12.2 Å². The summed E-state index contributed by atoms with van der Waals surface area (Å²) in [5.74, 6) is -0.138. The van der Waals surface area contributed by atoms with Crippen LogP contribution in [0.3, 0.4) is 0 Å². The molecule has 1 aromatic heterocycles. The Balaban J connectivity index is 2.31. The summed E-state index contributed by atoms with van der Waals surface area (Å²) in [6.45, 7) is 2.29. The second kappa shape index (κ2) is 6.30. The fraction of sp³-hybridized carbons (Fsp3) is 0.250. The van der Waals surface area contributed by atoms with Crippen LogP contribution in [0, 0.1) is 6.92 Å². The van der Waals surface area contributed by atoms with E-state index in [1.807, 2.05) is 31.2 Å². The van der Waals surface area contributed by atoms with Crippen molar-refractivity contribution in [3.05, 3.63) is 53.9 Å². The van der Waals surface area contributed by atoms with Gasteiger partial charge in [-0.05, 0) is 18.6 Å². The van der Waals surface area contributed by atoms with Gasteiger partial charge in [-0.1, -0.05) is 29.8 Å². The average molecular weight is 270 g/mol. The first-order chi connectivity index (χ1) is 9.61. The van der Waals surface area contributed by atoms with Gasteiger partial charge < -0.3 is 10.0 Å². The Bertz CT molecular complexity index is 611. The zero-order chi connectivity index (χ0) is 14.5. The molecule has 0 spiro atoms. The van der Waals surface area contributed by atoms with Crippen LogP contribution in [-0.2, 0) is 0 Å². The first kappa shape index (κ1) is 14.2. The van der Waals surface area contributed by atoms with Gasteiger partial charge in [-0.25, -0.2) is 0 Å². The van der Waals surface area contributed by atoms with Crippen LogP contribution in [0.1, 0.15) is 15.9 Å². The van der Waals surface area contributed by atoms with Crippen LogP contribution < -0.4 is 0 Å². The molecule has 0 bridgehead atoms. The summed E-state index contributed by atoms with van der Waals surface area (Å²) in [7, 11) is 1.66. The van der Waals surface area contributed by atoms with Crippen molar-refractivity contribution in [1.82, 2.24) is 9.88 Å². The summed E-state index contributed by atoms with van der Waals surface area (Å²) in [4.78, 5) is 17.8. The fourth-order valence-electron chi connectivity index (χ4n) is 2.01. The lowest BCUT2D eigenvalue weighted by atomic mass is 10.0. The number of hydrogen-bond acceptors (Lipinski definition) is 3. The number of pyridine rings is 1. The molecule has 0 saturated carbocycles. The molecule has 0 atom stereocenters. The number of nitrogens with zero attached hydrogens (tertiary/aromatic N) is 2. The lowest BCUT2D eigenvalue weighted by Gasteiger charge is -2.15.